The van der Waals surface area contributed by atoms with Gasteiger partial charge in [0.1, 0.15) is 28.9 Å². The van der Waals surface area contributed by atoms with Gasteiger partial charge in [0, 0.05) is 25.3 Å². The van der Waals surface area contributed by atoms with Gasteiger partial charge in [-0.05, 0) is 31.4 Å². The Labute approximate surface area is 140 Å². The van der Waals surface area contributed by atoms with Gasteiger partial charge in [0.05, 0.1) is 12.2 Å². The zero-order valence-electron chi connectivity index (χ0n) is 13.7. The number of epoxide rings is 1. The summed E-state index contributed by atoms with van der Waals surface area (Å²) in [4.78, 5) is 24.6. The molecular weight excluding hydrogens is 312 g/mol. The smallest absolute Gasteiger partial charge is 0.342 e. The minimum absolute atomic E-state index is 0.0106. The van der Waals surface area contributed by atoms with Crippen molar-refractivity contribution in [3.05, 3.63) is 23.3 Å². The Hall–Kier alpha value is -2.08. The fourth-order valence-corrected chi connectivity index (χ4v) is 3.27. The van der Waals surface area contributed by atoms with Crippen LogP contribution in [-0.4, -0.2) is 40.3 Å². The number of ketones is 1. The van der Waals surface area contributed by atoms with Crippen molar-refractivity contribution in [1.29, 1.82) is 0 Å². The quantitative estimate of drug-likeness (QED) is 0.559. The Bertz CT molecular complexity index is 653. The molecule has 6 heteroatoms. The summed E-state index contributed by atoms with van der Waals surface area (Å²) in [7, 11) is 0. The van der Waals surface area contributed by atoms with Gasteiger partial charge < -0.3 is 19.7 Å². The van der Waals surface area contributed by atoms with Crippen molar-refractivity contribution < 1.29 is 29.3 Å². The van der Waals surface area contributed by atoms with Gasteiger partial charge in [-0.15, -0.1) is 0 Å². The molecule has 0 aliphatic carbocycles. The molecule has 3 rings (SSSR count). The number of ether oxygens (including phenoxy) is 2. The number of aromatic hydroxyl groups is 2. The van der Waals surface area contributed by atoms with E-state index in [9.17, 15) is 19.8 Å². The maximum Gasteiger partial charge on any atom is 0.342 e. The zero-order chi connectivity index (χ0) is 17.3. The summed E-state index contributed by atoms with van der Waals surface area (Å²) in [5, 5.41) is 19.7. The van der Waals surface area contributed by atoms with E-state index in [0.717, 1.165) is 25.3 Å². The number of carbonyl (C=O) groups is 2. The standard InChI is InChI=1S/C18H22O6/c1-10-6-16-15(24-16)5-3-2-4-12(19)7-11-8-13(20)9-14(21)17(11)18(22)23-10/h8-10,15-16,20-21H,2-7H2,1H3. The monoisotopic (exact) mass is 334 g/mol. The van der Waals surface area contributed by atoms with Crippen LogP contribution in [0.5, 0.6) is 11.5 Å². The molecule has 24 heavy (non-hydrogen) atoms. The molecule has 2 N–H and O–H groups in total. The summed E-state index contributed by atoms with van der Waals surface area (Å²) in [6.45, 7) is 1.78. The average Bonchev–Trinajstić information content (AvgIpc) is 3.19. The third kappa shape index (κ3) is 3.87. The van der Waals surface area contributed by atoms with Gasteiger partial charge in [-0.25, -0.2) is 4.79 Å². The molecule has 0 saturated carbocycles. The highest BCUT2D eigenvalue weighted by atomic mass is 16.6. The minimum atomic E-state index is -0.683. The first-order chi connectivity index (χ1) is 11.4. The van der Waals surface area contributed by atoms with Crippen LogP contribution < -0.4 is 0 Å². The number of esters is 1. The van der Waals surface area contributed by atoms with Crippen LogP contribution in [-0.2, 0) is 20.7 Å². The van der Waals surface area contributed by atoms with Gasteiger partial charge >= 0.3 is 5.97 Å². The number of cyclic esters (lactones) is 1. The number of fused-ring (bicyclic) bond motifs is 2. The predicted molar refractivity (Wildman–Crippen MR) is 85.1 cm³/mol. The third-order valence-corrected chi connectivity index (χ3v) is 4.53. The number of phenolic OH excluding ortho intramolecular Hbond substituents is 2. The largest absolute Gasteiger partial charge is 0.508 e. The fourth-order valence-electron chi connectivity index (χ4n) is 3.27. The fraction of sp³-hybridized carbons (Fsp3) is 0.556. The maximum absolute atomic E-state index is 12.4. The molecule has 3 unspecified atom stereocenters. The average molecular weight is 334 g/mol. The van der Waals surface area contributed by atoms with Gasteiger partial charge in [-0.2, -0.15) is 0 Å². The van der Waals surface area contributed by atoms with Crippen LogP contribution in [0.1, 0.15) is 54.9 Å². The number of hydrogen-bond donors (Lipinski definition) is 2. The first kappa shape index (κ1) is 16.8. The molecule has 6 nitrogen and oxygen atoms in total. The molecule has 130 valence electrons. The molecule has 3 atom stereocenters. The Morgan fingerprint density at radius 1 is 1.12 bits per heavy atom. The SMILES string of the molecule is CC1CC2OC2CCCCC(=O)Cc2cc(O)cc(O)c2C(=O)O1. The highest BCUT2D eigenvalue weighted by molar-refractivity contribution is 5.96. The van der Waals surface area contributed by atoms with Crippen LogP contribution in [0.25, 0.3) is 0 Å². The lowest BCUT2D eigenvalue weighted by Crippen LogP contribution is -2.20. The predicted octanol–water partition coefficient (Wildman–Crippen LogP) is 2.49. The summed E-state index contributed by atoms with van der Waals surface area (Å²) in [6.07, 6.45) is 3.54. The second-order valence-corrected chi connectivity index (χ2v) is 6.62. The first-order valence-electron chi connectivity index (χ1n) is 8.37. The van der Waals surface area contributed by atoms with Crippen molar-refractivity contribution in [3.63, 3.8) is 0 Å². The van der Waals surface area contributed by atoms with Gasteiger partial charge in [-0.3, -0.25) is 4.79 Å². The van der Waals surface area contributed by atoms with E-state index in [1.807, 2.05) is 0 Å². The Balaban J connectivity index is 1.87. The number of phenols is 2. The van der Waals surface area contributed by atoms with Crippen LogP contribution in [0.15, 0.2) is 12.1 Å². The Kier molecular flexibility index (Phi) is 4.76. The van der Waals surface area contributed by atoms with E-state index < -0.39 is 5.97 Å². The van der Waals surface area contributed by atoms with Crippen LogP contribution in [0.4, 0.5) is 0 Å². The third-order valence-electron chi connectivity index (χ3n) is 4.53. The van der Waals surface area contributed by atoms with Gasteiger partial charge in [0.25, 0.3) is 0 Å². The van der Waals surface area contributed by atoms with Crippen molar-refractivity contribution in [1.82, 2.24) is 0 Å². The van der Waals surface area contributed by atoms with Crippen molar-refractivity contribution in [3.8, 4) is 11.5 Å². The highest BCUT2D eigenvalue weighted by Crippen LogP contribution is 2.33. The number of Topliss-reactive ketones (excluding diaryl/α,β-unsaturated/α-hetero) is 1. The molecule has 0 radical (unpaired) electrons. The lowest BCUT2D eigenvalue weighted by molar-refractivity contribution is -0.118. The molecular formula is C18H22O6. The van der Waals surface area contributed by atoms with Gasteiger partial charge in [0.15, 0.2) is 0 Å². The molecule has 1 saturated heterocycles. The number of carbonyl (C=O) groups excluding carboxylic acids is 2. The highest BCUT2D eigenvalue weighted by Gasteiger charge is 2.39. The maximum atomic E-state index is 12.4. The number of rotatable bonds is 0. The summed E-state index contributed by atoms with van der Waals surface area (Å²) < 4.78 is 11.0. The van der Waals surface area contributed by atoms with E-state index in [0.29, 0.717) is 18.4 Å². The van der Waals surface area contributed by atoms with Crippen LogP contribution >= 0.6 is 0 Å². The van der Waals surface area contributed by atoms with E-state index >= 15 is 0 Å². The Morgan fingerprint density at radius 3 is 2.71 bits per heavy atom. The molecule has 0 aromatic heterocycles. The Morgan fingerprint density at radius 2 is 1.92 bits per heavy atom. The molecule has 0 spiro atoms. The van der Waals surface area contributed by atoms with Gasteiger partial charge in [-0.1, -0.05) is 6.42 Å². The summed E-state index contributed by atoms with van der Waals surface area (Å²) in [6, 6.07) is 2.42. The second kappa shape index (κ2) is 6.81. The molecule has 1 aromatic carbocycles. The van der Waals surface area contributed by atoms with Crippen molar-refractivity contribution in [2.24, 2.45) is 0 Å². The van der Waals surface area contributed by atoms with Gasteiger partial charge in [0.2, 0.25) is 0 Å². The van der Waals surface area contributed by atoms with E-state index in [4.69, 9.17) is 9.47 Å². The first-order valence-corrected chi connectivity index (χ1v) is 8.37. The summed E-state index contributed by atoms with van der Waals surface area (Å²) in [5.74, 6) is -1.28. The second-order valence-electron chi connectivity index (χ2n) is 6.62. The number of hydrogen-bond acceptors (Lipinski definition) is 6. The molecule has 2 aliphatic heterocycles. The summed E-state index contributed by atoms with van der Waals surface area (Å²) in [5.41, 5.74) is 0.255. The molecule has 1 aromatic rings. The lowest BCUT2D eigenvalue weighted by Gasteiger charge is -2.16. The molecule has 0 amide bonds. The molecule has 1 fully saturated rings. The minimum Gasteiger partial charge on any atom is -0.508 e. The topological polar surface area (TPSA) is 96.4 Å². The van der Waals surface area contributed by atoms with E-state index in [1.165, 1.54) is 6.07 Å². The normalized spacial score (nSPS) is 28.3. The van der Waals surface area contributed by atoms with Crippen LogP contribution in [0.3, 0.4) is 0 Å². The number of benzene rings is 1. The summed E-state index contributed by atoms with van der Waals surface area (Å²) >= 11 is 0. The van der Waals surface area contributed by atoms with Crippen molar-refractivity contribution >= 4 is 11.8 Å². The van der Waals surface area contributed by atoms with E-state index in [1.54, 1.807) is 6.92 Å². The van der Waals surface area contributed by atoms with Crippen LogP contribution in [0.2, 0.25) is 0 Å². The molecule has 2 aliphatic rings. The molecule has 0 bridgehead atoms. The van der Waals surface area contributed by atoms with Crippen LogP contribution in [0, 0.1) is 0 Å². The van der Waals surface area contributed by atoms with Crippen molar-refractivity contribution in [2.75, 3.05) is 0 Å². The van der Waals surface area contributed by atoms with E-state index in [2.05, 4.69) is 0 Å². The van der Waals surface area contributed by atoms with E-state index in [-0.39, 0.29) is 47.6 Å². The lowest BCUT2D eigenvalue weighted by atomic mass is 9.97. The molecule has 2 heterocycles. The zero-order valence-corrected chi connectivity index (χ0v) is 13.7. The van der Waals surface area contributed by atoms with Crippen molar-refractivity contribution in [2.45, 2.75) is 63.8 Å².